The standard InChI is InChI=1S/C16H22ClN3O/c1-5-21-15-7-6-13(8-14(15)17)18-9-12-10-19-20(11-12)16(2,3)4/h6-8,10-11,18H,5,9H2,1-4H3. The fraction of sp³-hybridized carbons (Fsp3) is 0.438. The summed E-state index contributed by atoms with van der Waals surface area (Å²) in [7, 11) is 0. The van der Waals surface area contributed by atoms with Crippen LogP contribution in [0.3, 0.4) is 0 Å². The van der Waals surface area contributed by atoms with Crippen molar-refractivity contribution in [2.45, 2.75) is 39.8 Å². The largest absolute Gasteiger partial charge is 0.492 e. The van der Waals surface area contributed by atoms with E-state index in [2.05, 4.69) is 37.4 Å². The lowest BCUT2D eigenvalue weighted by Crippen LogP contribution is -2.21. The van der Waals surface area contributed by atoms with Crippen LogP contribution in [0.25, 0.3) is 0 Å². The Labute approximate surface area is 131 Å². The third-order valence-electron chi connectivity index (χ3n) is 3.05. The lowest BCUT2D eigenvalue weighted by atomic mass is 10.1. The average molecular weight is 308 g/mol. The van der Waals surface area contributed by atoms with Gasteiger partial charge < -0.3 is 10.1 Å². The topological polar surface area (TPSA) is 39.1 Å². The Hall–Kier alpha value is -1.68. The zero-order chi connectivity index (χ0) is 15.5. The van der Waals surface area contributed by atoms with Crippen LogP contribution in [0, 0.1) is 0 Å². The smallest absolute Gasteiger partial charge is 0.138 e. The maximum Gasteiger partial charge on any atom is 0.138 e. The van der Waals surface area contributed by atoms with E-state index in [0.717, 1.165) is 11.3 Å². The Balaban J connectivity index is 2.00. The van der Waals surface area contributed by atoms with E-state index in [1.807, 2.05) is 36.0 Å². The quantitative estimate of drug-likeness (QED) is 0.895. The molecule has 21 heavy (non-hydrogen) atoms. The van der Waals surface area contributed by atoms with Crippen LogP contribution in [0.1, 0.15) is 33.3 Å². The van der Waals surface area contributed by atoms with Crippen molar-refractivity contribution >= 4 is 17.3 Å². The van der Waals surface area contributed by atoms with Crippen molar-refractivity contribution in [1.82, 2.24) is 9.78 Å². The summed E-state index contributed by atoms with van der Waals surface area (Å²) in [5.41, 5.74) is 2.10. The SMILES string of the molecule is CCOc1ccc(NCc2cnn(C(C)(C)C)c2)cc1Cl. The number of anilines is 1. The van der Waals surface area contributed by atoms with E-state index in [0.29, 0.717) is 23.9 Å². The third kappa shape index (κ3) is 4.14. The number of benzene rings is 1. The molecule has 1 aromatic heterocycles. The van der Waals surface area contributed by atoms with E-state index in [4.69, 9.17) is 16.3 Å². The molecule has 2 rings (SSSR count). The number of rotatable bonds is 5. The molecule has 1 heterocycles. The molecule has 0 aliphatic carbocycles. The van der Waals surface area contributed by atoms with E-state index in [1.165, 1.54) is 0 Å². The van der Waals surface area contributed by atoms with Gasteiger partial charge in [0.15, 0.2) is 0 Å². The Morgan fingerprint density at radius 1 is 1.33 bits per heavy atom. The molecule has 0 aliphatic heterocycles. The maximum absolute atomic E-state index is 6.17. The molecule has 0 fully saturated rings. The first-order valence-electron chi connectivity index (χ1n) is 7.10. The minimum absolute atomic E-state index is 0.000692. The Kier molecular flexibility index (Phi) is 4.78. The Morgan fingerprint density at radius 2 is 2.10 bits per heavy atom. The number of nitrogens with one attached hydrogen (secondary N) is 1. The molecular formula is C16H22ClN3O. The predicted octanol–water partition coefficient (Wildman–Crippen LogP) is 4.30. The number of halogens is 1. The summed E-state index contributed by atoms with van der Waals surface area (Å²) >= 11 is 6.17. The van der Waals surface area contributed by atoms with Crippen molar-refractivity contribution < 1.29 is 4.74 Å². The molecule has 2 aromatic rings. The van der Waals surface area contributed by atoms with Crippen molar-refractivity contribution in [2.75, 3.05) is 11.9 Å². The Morgan fingerprint density at radius 3 is 2.67 bits per heavy atom. The molecular weight excluding hydrogens is 286 g/mol. The van der Waals surface area contributed by atoms with Gasteiger partial charge in [0.05, 0.1) is 23.4 Å². The minimum Gasteiger partial charge on any atom is -0.492 e. The number of nitrogens with zero attached hydrogens (tertiary/aromatic N) is 2. The van der Waals surface area contributed by atoms with Gasteiger partial charge in [0.25, 0.3) is 0 Å². The fourth-order valence-electron chi connectivity index (χ4n) is 1.91. The van der Waals surface area contributed by atoms with Gasteiger partial charge in [0.1, 0.15) is 5.75 Å². The highest BCUT2D eigenvalue weighted by Crippen LogP contribution is 2.27. The molecule has 114 valence electrons. The van der Waals surface area contributed by atoms with E-state index >= 15 is 0 Å². The van der Waals surface area contributed by atoms with Crippen LogP contribution in [0.2, 0.25) is 5.02 Å². The number of hydrogen-bond acceptors (Lipinski definition) is 3. The zero-order valence-corrected chi connectivity index (χ0v) is 13.7. The zero-order valence-electron chi connectivity index (χ0n) is 13.0. The second-order valence-electron chi connectivity index (χ2n) is 5.90. The van der Waals surface area contributed by atoms with Crippen LogP contribution >= 0.6 is 11.6 Å². The van der Waals surface area contributed by atoms with Gasteiger partial charge in [-0.15, -0.1) is 0 Å². The number of ether oxygens (including phenoxy) is 1. The molecule has 0 aliphatic rings. The number of hydrogen-bond donors (Lipinski definition) is 1. The van der Waals surface area contributed by atoms with Crippen LogP contribution in [-0.2, 0) is 12.1 Å². The molecule has 1 N–H and O–H groups in total. The highest BCUT2D eigenvalue weighted by atomic mass is 35.5. The minimum atomic E-state index is 0.000692. The second-order valence-corrected chi connectivity index (χ2v) is 6.30. The van der Waals surface area contributed by atoms with Crippen molar-refractivity contribution in [3.8, 4) is 5.75 Å². The lowest BCUT2D eigenvalue weighted by molar-refractivity contribution is 0.340. The molecule has 0 saturated carbocycles. The Bertz CT molecular complexity index is 602. The van der Waals surface area contributed by atoms with Gasteiger partial charge in [0.2, 0.25) is 0 Å². The summed E-state index contributed by atoms with van der Waals surface area (Å²) in [6.07, 6.45) is 3.94. The van der Waals surface area contributed by atoms with E-state index in [1.54, 1.807) is 0 Å². The van der Waals surface area contributed by atoms with Crippen molar-refractivity contribution in [2.24, 2.45) is 0 Å². The van der Waals surface area contributed by atoms with Crippen LogP contribution in [0.15, 0.2) is 30.6 Å². The maximum atomic E-state index is 6.17. The summed E-state index contributed by atoms with van der Waals surface area (Å²) in [5.74, 6) is 0.713. The van der Waals surface area contributed by atoms with Crippen molar-refractivity contribution in [3.05, 3.63) is 41.2 Å². The number of aromatic nitrogens is 2. The normalized spacial score (nSPS) is 11.5. The van der Waals surface area contributed by atoms with Crippen LogP contribution in [0.4, 0.5) is 5.69 Å². The highest BCUT2D eigenvalue weighted by molar-refractivity contribution is 6.32. The monoisotopic (exact) mass is 307 g/mol. The third-order valence-corrected chi connectivity index (χ3v) is 3.35. The molecule has 1 aromatic carbocycles. The van der Waals surface area contributed by atoms with Gasteiger partial charge in [-0.3, -0.25) is 4.68 Å². The molecule has 5 heteroatoms. The molecule has 0 unspecified atom stereocenters. The summed E-state index contributed by atoms with van der Waals surface area (Å²) < 4.78 is 7.39. The van der Waals surface area contributed by atoms with Crippen LogP contribution < -0.4 is 10.1 Å². The van der Waals surface area contributed by atoms with Gasteiger partial charge in [-0.25, -0.2) is 0 Å². The summed E-state index contributed by atoms with van der Waals surface area (Å²) in [4.78, 5) is 0. The predicted molar refractivity (Wildman–Crippen MR) is 87.2 cm³/mol. The van der Waals surface area contributed by atoms with E-state index in [9.17, 15) is 0 Å². The second kappa shape index (κ2) is 6.39. The van der Waals surface area contributed by atoms with Crippen molar-refractivity contribution in [1.29, 1.82) is 0 Å². The van der Waals surface area contributed by atoms with Crippen LogP contribution in [-0.4, -0.2) is 16.4 Å². The van der Waals surface area contributed by atoms with Gasteiger partial charge in [-0.05, 0) is 45.9 Å². The molecule has 0 bridgehead atoms. The van der Waals surface area contributed by atoms with E-state index < -0.39 is 0 Å². The first-order valence-corrected chi connectivity index (χ1v) is 7.48. The molecule has 0 spiro atoms. The first-order chi connectivity index (χ1) is 9.90. The fourth-order valence-corrected chi connectivity index (χ4v) is 2.14. The summed E-state index contributed by atoms with van der Waals surface area (Å²) in [6.45, 7) is 9.64. The summed E-state index contributed by atoms with van der Waals surface area (Å²) in [6, 6.07) is 5.72. The van der Waals surface area contributed by atoms with Gasteiger partial charge in [-0.1, -0.05) is 11.6 Å². The van der Waals surface area contributed by atoms with Crippen molar-refractivity contribution in [3.63, 3.8) is 0 Å². The average Bonchev–Trinajstić information content (AvgIpc) is 2.88. The van der Waals surface area contributed by atoms with E-state index in [-0.39, 0.29) is 5.54 Å². The van der Waals surface area contributed by atoms with Crippen LogP contribution in [0.5, 0.6) is 5.75 Å². The highest BCUT2D eigenvalue weighted by Gasteiger charge is 2.13. The van der Waals surface area contributed by atoms with Gasteiger partial charge >= 0.3 is 0 Å². The van der Waals surface area contributed by atoms with Gasteiger partial charge in [0, 0.05) is 24.0 Å². The molecule has 0 radical (unpaired) electrons. The summed E-state index contributed by atoms with van der Waals surface area (Å²) in [5, 5.41) is 8.35. The molecule has 4 nitrogen and oxygen atoms in total. The first kappa shape index (κ1) is 15.7. The molecule has 0 atom stereocenters. The van der Waals surface area contributed by atoms with Gasteiger partial charge in [-0.2, -0.15) is 5.10 Å². The lowest BCUT2D eigenvalue weighted by Gasteiger charge is -2.18. The molecule has 0 amide bonds. The molecule has 0 saturated heterocycles.